The topological polar surface area (TPSA) is 73.0 Å². The van der Waals surface area contributed by atoms with Crippen molar-refractivity contribution < 1.29 is 8.78 Å². The highest BCUT2D eigenvalue weighted by molar-refractivity contribution is 7.08. The van der Waals surface area contributed by atoms with Crippen LogP contribution >= 0.6 is 11.3 Å². The number of thiophene rings is 1. The SMILES string of the molecule is C=C/C=C(/c1ccsc1)c1cc(-c2[nH]nc3ncc(C4=CCN=CC(CN5CCC(F)(F)C5)=C4)cc23)[nH]c1C. The lowest BCUT2D eigenvalue weighted by atomic mass is 9.99. The van der Waals surface area contributed by atoms with Gasteiger partial charge in [-0.2, -0.15) is 16.4 Å². The van der Waals surface area contributed by atoms with Crippen molar-refractivity contribution in [3.63, 3.8) is 0 Å². The van der Waals surface area contributed by atoms with E-state index >= 15 is 0 Å². The van der Waals surface area contributed by atoms with Crippen molar-refractivity contribution in [2.45, 2.75) is 19.3 Å². The third-order valence-electron chi connectivity index (χ3n) is 7.10. The average molecular weight is 543 g/mol. The molecule has 0 aromatic carbocycles. The van der Waals surface area contributed by atoms with Crippen LogP contribution < -0.4 is 0 Å². The maximum atomic E-state index is 13.7. The molecule has 0 radical (unpaired) electrons. The fourth-order valence-corrected chi connectivity index (χ4v) is 5.87. The molecule has 0 aliphatic carbocycles. The van der Waals surface area contributed by atoms with Crippen LogP contribution in [0.3, 0.4) is 0 Å². The number of alkyl halides is 2. The molecule has 0 atom stereocenters. The molecular weight excluding hydrogens is 514 g/mol. The first-order valence-corrected chi connectivity index (χ1v) is 13.8. The standard InChI is InChI=1S/C30H28F2N6S/c1-3-4-24(22-6-10-39-17-22)25-13-27(35-19(25)2)28-26-12-23(15-34-29(26)37-36-28)21-5-8-33-14-20(11-21)16-38-9-7-30(31,32)18-38/h3-6,10-15,17,35H,1,7-9,16,18H2,2H3,(H,34,36,37)/b24-4-. The normalized spacial score (nSPS) is 17.9. The highest BCUT2D eigenvalue weighted by Gasteiger charge is 2.38. The van der Waals surface area contributed by atoms with Gasteiger partial charge in [0.1, 0.15) is 0 Å². The van der Waals surface area contributed by atoms with Crippen LogP contribution in [0.4, 0.5) is 8.78 Å². The van der Waals surface area contributed by atoms with E-state index in [1.54, 1.807) is 28.6 Å². The van der Waals surface area contributed by atoms with E-state index in [0.717, 1.165) is 55.9 Å². The fourth-order valence-electron chi connectivity index (χ4n) is 5.22. The lowest BCUT2D eigenvalue weighted by Crippen LogP contribution is -2.27. The van der Waals surface area contributed by atoms with Gasteiger partial charge in [0.25, 0.3) is 5.92 Å². The van der Waals surface area contributed by atoms with E-state index in [0.29, 0.717) is 25.3 Å². The first kappa shape index (κ1) is 25.3. The summed E-state index contributed by atoms with van der Waals surface area (Å²) < 4.78 is 27.4. The third-order valence-corrected chi connectivity index (χ3v) is 7.79. The molecule has 6 nitrogen and oxygen atoms in total. The monoisotopic (exact) mass is 542 g/mol. The third kappa shape index (κ3) is 5.20. The van der Waals surface area contributed by atoms with Crippen LogP contribution in [0.5, 0.6) is 0 Å². The summed E-state index contributed by atoms with van der Waals surface area (Å²) >= 11 is 1.66. The summed E-state index contributed by atoms with van der Waals surface area (Å²) in [4.78, 5) is 14.4. The number of allylic oxidation sites excluding steroid dienone is 4. The number of fused-ring (bicyclic) bond motifs is 1. The summed E-state index contributed by atoms with van der Waals surface area (Å²) in [5.74, 6) is -2.62. The van der Waals surface area contributed by atoms with Gasteiger partial charge in [0.2, 0.25) is 0 Å². The minimum atomic E-state index is -2.62. The summed E-state index contributed by atoms with van der Waals surface area (Å²) in [6, 6.07) is 6.31. The molecule has 0 spiro atoms. The number of aryl methyl sites for hydroxylation is 1. The molecule has 0 unspecified atom stereocenters. The molecule has 2 N–H and O–H groups in total. The largest absolute Gasteiger partial charge is 0.357 e. The second kappa shape index (κ2) is 10.3. The zero-order chi connectivity index (χ0) is 27.0. The summed E-state index contributed by atoms with van der Waals surface area (Å²) in [5.41, 5.74) is 9.57. The molecule has 0 saturated carbocycles. The van der Waals surface area contributed by atoms with E-state index in [4.69, 9.17) is 0 Å². The lowest BCUT2D eigenvalue weighted by Gasteiger charge is -2.16. The predicted molar refractivity (Wildman–Crippen MR) is 155 cm³/mol. The Balaban J connectivity index is 1.33. The first-order chi connectivity index (χ1) is 18.9. The second-order valence-corrected chi connectivity index (χ2v) is 10.7. The molecule has 1 fully saturated rings. The van der Waals surface area contributed by atoms with Gasteiger partial charge in [-0.25, -0.2) is 13.8 Å². The van der Waals surface area contributed by atoms with E-state index in [1.165, 1.54) is 0 Å². The average Bonchev–Trinajstić information content (AvgIpc) is 3.69. The first-order valence-electron chi connectivity index (χ1n) is 12.8. The summed E-state index contributed by atoms with van der Waals surface area (Å²) in [6.45, 7) is 7.09. The molecule has 6 rings (SSSR count). The Morgan fingerprint density at radius 3 is 2.97 bits per heavy atom. The number of H-pyrrole nitrogens is 2. The Morgan fingerprint density at radius 1 is 1.31 bits per heavy atom. The van der Waals surface area contributed by atoms with Crippen molar-refractivity contribution in [1.29, 1.82) is 0 Å². The van der Waals surface area contributed by atoms with E-state index in [2.05, 4.69) is 67.6 Å². The van der Waals surface area contributed by atoms with Crippen LogP contribution in [-0.2, 0) is 0 Å². The Bertz CT molecular complexity index is 1650. The van der Waals surface area contributed by atoms with Gasteiger partial charge in [0.05, 0.1) is 24.5 Å². The van der Waals surface area contributed by atoms with Gasteiger partial charge < -0.3 is 4.98 Å². The van der Waals surface area contributed by atoms with Crippen LogP contribution in [0.2, 0.25) is 0 Å². The smallest absolute Gasteiger partial charge is 0.261 e. The molecule has 0 amide bonds. The van der Waals surface area contributed by atoms with E-state index in [1.807, 2.05) is 24.3 Å². The van der Waals surface area contributed by atoms with Crippen molar-refractivity contribution in [2.24, 2.45) is 4.99 Å². The quantitative estimate of drug-likeness (QED) is 0.256. The zero-order valence-electron chi connectivity index (χ0n) is 21.5. The number of hydrogen-bond donors (Lipinski definition) is 2. The Hall–Kier alpha value is -3.95. The minimum Gasteiger partial charge on any atom is -0.357 e. The number of rotatable bonds is 7. The highest BCUT2D eigenvalue weighted by Crippen LogP contribution is 2.34. The Labute approximate surface area is 229 Å². The number of likely N-dealkylation sites (tertiary alicyclic amines) is 1. The molecule has 4 aromatic rings. The number of halogens is 2. The Morgan fingerprint density at radius 2 is 2.21 bits per heavy atom. The van der Waals surface area contributed by atoms with E-state index in [-0.39, 0.29) is 13.0 Å². The maximum Gasteiger partial charge on any atom is 0.261 e. The van der Waals surface area contributed by atoms with E-state index in [9.17, 15) is 8.78 Å². The number of aromatic nitrogens is 4. The number of aliphatic imine (C=N–C) groups is 1. The number of nitrogens with one attached hydrogen (secondary N) is 2. The van der Waals surface area contributed by atoms with Crippen molar-refractivity contribution in [1.82, 2.24) is 25.1 Å². The highest BCUT2D eigenvalue weighted by atomic mass is 32.1. The van der Waals surface area contributed by atoms with Crippen molar-refractivity contribution in [3.05, 3.63) is 94.0 Å². The molecule has 0 bridgehead atoms. The lowest BCUT2D eigenvalue weighted by molar-refractivity contribution is 0.0132. The number of pyridine rings is 1. The maximum absolute atomic E-state index is 13.7. The van der Waals surface area contributed by atoms with Crippen LogP contribution in [0, 0.1) is 6.92 Å². The summed E-state index contributed by atoms with van der Waals surface area (Å²) in [6.07, 6.45) is 11.4. The molecule has 198 valence electrons. The molecule has 9 heteroatoms. The molecule has 39 heavy (non-hydrogen) atoms. The van der Waals surface area contributed by atoms with E-state index < -0.39 is 5.92 Å². The zero-order valence-corrected chi connectivity index (χ0v) is 22.4. The predicted octanol–water partition coefficient (Wildman–Crippen LogP) is 6.68. The van der Waals surface area contributed by atoms with Gasteiger partial charge in [0, 0.05) is 54.1 Å². The second-order valence-electron chi connectivity index (χ2n) is 9.93. The summed E-state index contributed by atoms with van der Waals surface area (Å²) in [7, 11) is 0. The van der Waals surface area contributed by atoms with Gasteiger partial charge in [-0.05, 0) is 64.2 Å². The number of hydrogen-bond acceptors (Lipinski definition) is 5. The minimum absolute atomic E-state index is 0.0952. The fraction of sp³-hybridized carbons (Fsp3) is 0.233. The molecule has 2 aliphatic rings. The van der Waals surface area contributed by atoms with Gasteiger partial charge in [-0.3, -0.25) is 15.0 Å². The number of aromatic amines is 2. The van der Waals surface area contributed by atoms with Crippen molar-refractivity contribution in [3.8, 4) is 11.4 Å². The van der Waals surface area contributed by atoms with Crippen LogP contribution in [0.15, 0.2) is 76.6 Å². The van der Waals surface area contributed by atoms with Crippen LogP contribution in [0.25, 0.3) is 33.6 Å². The molecule has 6 heterocycles. The van der Waals surface area contributed by atoms with Crippen molar-refractivity contribution >= 4 is 39.7 Å². The van der Waals surface area contributed by atoms with Crippen molar-refractivity contribution in [2.75, 3.05) is 26.2 Å². The Kier molecular flexibility index (Phi) is 6.70. The molecule has 1 saturated heterocycles. The molecule has 4 aromatic heterocycles. The van der Waals surface area contributed by atoms with Gasteiger partial charge in [-0.15, -0.1) is 0 Å². The van der Waals surface area contributed by atoms with Crippen LogP contribution in [0.1, 0.15) is 28.8 Å². The van der Waals surface area contributed by atoms with Gasteiger partial charge in [0.15, 0.2) is 5.65 Å². The molecule has 2 aliphatic heterocycles. The molecular formula is C30H28F2N6S. The van der Waals surface area contributed by atoms with Crippen LogP contribution in [-0.4, -0.2) is 63.4 Å². The van der Waals surface area contributed by atoms with Gasteiger partial charge >= 0.3 is 0 Å². The summed E-state index contributed by atoms with van der Waals surface area (Å²) in [5, 5.41) is 12.7. The number of nitrogens with zero attached hydrogens (tertiary/aromatic N) is 4. The van der Waals surface area contributed by atoms with Gasteiger partial charge in [-0.1, -0.05) is 24.8 Å².